The summed E-state index contributed by atoms with van der Waals surface area (Å²) in [5.74, 6) is -3.83. The number of nitrogens with two attached hydrogens (primary N) is 1. The van der Waals surface area contributed by atoms with Crippen LogP contribution < -0.4 is 5.73 Å². The number of hydrogen-bond donors (Lipinski definition) is 2. The van der Waals surface area contributed by atoms with E-state index in [-0.39, 0.29) is 5.02 Å². The molecule has 116 valence electrons. The third-order valence-electron chi connectivity index (χ3n) is 2.61. The number of carbonyl (C=O) groups excluding carboxylic acids is 1. The minimum Gasteiger partial charge on any atom is -0.481 e. The molecule has 0 saturated heterocycles. The summed E-state index contributed by atoms with van der Waals surface area (Å²) >= 11 is 11.8. The van der Waals surface area contributed by atoms with Crippen molar-refractivity contribution in [2.75, 3.05) is 0 Å². The average Bonchev–Trinajstić information content (AvgIpc) is 2.25. The lowest BCUT2D eigenvalue weighted by molar-refractivity contribution is -0.167. The minimum atomic E-state index is -1.55. The van der Waals surface area contributed by atoms with E-state index in [1.54, 1.807) is 20.8 Å². The van der Waals surface area contributed by atoms with E-state index in [1.165, 1.54) is 18.2 Å². The maximum Gasteiger partial charge on any atom is 0.322 e. The van der Waals surface area contributed by atoms with Gasteiger partial charge in [-0.25, -0.2) is 0 Å². The number of carboxylic acid groups (broad SMARTS) is 1. The molecule has 0 aliphatic rings. The number of ether oxygens (including phenoxy) is 1. The molecule has 5 nitrogen and oxygen atoms in total. The summed E-state index contributed by atoms with van der Waals surface area (Å²) in [7, 11) is 0. The van der Waals surface area contributed by atoms with E-state index < -0.39 is 29.5 Å². The van der Waals surface area contributed by atoms with Gasteiger partial charge in [0, 0.05) is 10.0 Å². The molecule has 1 rings (SSSR count). The molecule has 0 fully saturated rings. The normalized spacial score (nSPS) is 14.4. The Morgan fingerprint density at radius 1 is 1.29 bits per heavy atom. The van der Waals surface area contributed by atoms with Crippen LogP contribution in [0.1, 0.15) is 32.4 Å². The van der Waals surface area contributed by atoms with Crippen LogP contribution in [0.3, 0.4) is 0 Å². The van der Waals surface area contributed by atoms with E-state index in [9.17, 15) is 14.7 Å². The van der Waals surface area contributed by atoms with E-state index in [4.69, 9.17) is 33.7 Å². The fourth-order valence-electron chi connectivity index (χ4n) is 1.72. The van der Waals surface area contributed by atoms with E-state index in [1.807, 2.05) is 0 Å². The van der Waals surface area contributed by atoms with Gasteiger partial charge in [-0.2, -0.15) is 0 Å². The number of carbonyl (C=O) groups is 2. The highest BCUT2D eigenvalue weighted by Gasteiger charge is 2.37. The SMILES string of the molecule is CC(C)(C)OC(=O)C(C(=O)O)C(N)c1ccc(Cl)cc1Cl. The van der Waals surface area contributed by atoms with E-state index >= 15 is 0 Å². The molecule has 7 heteroatoms. The molecule has 0 saturated carbocycles. The van der Waals surface area contributed by atoms with Gasteiger partial charge in [0.05, 0.1) is 6.04 Å². The van der Waals surface area contributed by atoms with Crippen LogP contribution in [0.15, 0.2) is 18.2 Å². The molecule has 0 spiro atoms. The molecule has 3 N–H and O–H groups in total. The van der Waals surface area contributed by atoms with Gasteiger partial charge >= 0.3 is 11.9 Å². The number of hydrogen-bond acceptors (Lipinski definition) is 4. The van der Waals surface area contributed by atoms with Gasteiger partial charge in [-0.05, 0) is 38.5 Å². The number of benzene rings is 1. The minimum absolute atomic E-state index is 0.199. The van der Waals surface area contributed by atoms with E-state index in [0.717, 1.165) is 0 Å². The predicted octanol–water partition coefficient (Wildman–Crippen LogP) is 3.04. The van der Waals surface area contributed by atoms with Gasteiger partial charge in [0.15, 0.2) is 5.92 Å². The zero-order valence-electron chi connectivity index (χ0n) is 11.9. The molecule has 1 aromatic rings. The maximum absolute atomic E-state index is 12.0. The molecule has 0 amide bonds. The van der Waals surface area contributed by atoms with Gasteiger partial charge in [-0.1, -0.05) is 29.3 Å². The Bertz CT molecular complexity index is 554. The first-order valence-electron chi connectivity index (χ1n) is 6.19. The standard InChI is InChI=1S/C14H17Cl2NO4/c1-14(2,3)21-13(20)10(12(18)19)11(17)8-5-4-7(15)6-9(8)16/h4-6,10-11H,17H2,1-3H3,(H,18,19). The molecular weight excluding hydrogens is 317 g/mol. The second kappa shape index (κ2) is 6.64. The zero-order valence-corrected chi connectivity index (χ0v) is 13.4. The van der Waals surface area contributed by atoms with Gasteiger partial charge in [0.25, 0.3) is 0 Å². The Morgan fingerprint density at radius 2 is 1.86 bits per heavy atom. The molecule has 2 atom stereocenters. The lowest BCUT2D eigenvalue weighted by Crippen LogP contribution is -2.39. The van der Waals surface area contributed by atoms with E-state index in [0.29, 0.717) is 10.6 Å². The first kappa shape index (κ1) is 17.8. The molecule has 0 aliphatic heterocycles. The lowest BCUT2D eigenvalue weighted by Gasteiger charge is -2.25. The van der Waals surface area contributed by atoms with Crippen LogP contribution in [-0.2, 0) is 14.3 Å². The molecule has 0 bridgehead atoms. The average molecular weight is 334 g/mol. The fraction of sp³-hybridized carbons (Fsp3) is 0.429. The van der Waals surface area contributed by atoms with Crippen molar-refractivity contribution >= 4 is 35.1 Å². The van der Waals surface area contributed by atoms with E-state index in [2.05, 4.69) is 0 Å². The van der Waals surface area contributed by atoms with Crippen LogP contribution in [0.25, 0.3) is 0 Å². The van der Waals surface area contributed by atoms with Crippen LogP contribution in [-0.4, -0.2) is 22.6 Å². The number of esters is 1. The third kappa shape index (κ3) is 4.88. The van der Waals surface area contributed by atoms with Crippen molar-refractivity contribution in [1.82, 2.24) is 0 Å². The molecule has 0 heterocycles. The molecule has 1 aromatic carbocycles. The Kier molecular flexibility index (Phi) is 5.61. The van der Waals surface area contributed by atoms with Crippen molar-refractivity contribution in [3.8, 4) is 0 Å². The first-order chi connectivity index (χ1) is 9.53. The number of carboxylic acids is 1. The van der Waals surface area contributed by atoms with Crippen LogP contribution in [0, 0.1) is 5.92 Å². The van der Waals surface area contributed by atoms with Crippen LogP contribution in [0.5, 0.6) is 0 Å². The number of halogens is 2. The van der Waals surface area contributed by atoms with Crippen LogP contribution >= 0.6 is 23.2 Å². The largest absolute Gasteiger partial charge is 0.481 e. The highest BCUT2D eigenvalue weighted by Crippen LogP contribution is 2.30. The quantitative estimate of drug-likeness (QED) is 0.652. The molecular formula is C14H17Cl2NO4. The summed E-state index contributed by atoms with van der Waals surface area (Å²) < 4.78 is 5.10. The monoisotopic (exact) mass is 333 g/mol. The number of aliphatic carboxylic acids is 1. The summed E-state index contributed by atoms with van der Waals surface area (Å²) in [6.07, 6.45) is 0. The van der Waals surface area contributed by atoms with Crippen molar-refractivity contribution in [3.63, 3.8) is 0 Å². The maximum atomic E-state index is 12.0. The first-order valence-corrected chi connectivity index (χ1v) is 6.94. The van der Waals surface area contributed by atoms with Crippen LogP contribution in [0.4, 0.5) is 0 Å². The highest BCUT2D eigenvalue weighted by atomic mass is 35.5. The fourth-order valence-corrected chi connectivity index (χ4v) is 2.25. The van der Waals surface area contributed by atoms with Crippen molar-refractivity contribution in [2.45, 2.75) is 32.4 Å². The molecule has 0 aliphatic carbocycles. The molecule has 2 unspecified atom stereocenters. The van der Waals surface area contributed by atoms with Gasteiger partial charge < -0.3 is 15.6 Å². The van der Waals surface area contributed by atoms with Gasteiger partial charge in [0.1, 0.15) is 5.60 Å². The predicted molar refractivity (Wildman–Crippen MR) is 80.4 cm³/mol. The lowest BCUT2D eigenvalue weighted by atomic mass is 9.93. The van der Waals surface area contributed by atoms with Crippen molar-refractivity contribution < 1.29 is 19.4 Å². The molecule has 0 aromatic heterocycles. The van der Waals surface area contributed by atoms with Crippen molar-refractivity contribution in [3.05, 3.63) is 33.8 Å². The smallest absolute Gasteiger partial charge is 0.322 e. The number of rotatable bonds is 4. The van der Waals surface area contributed by atoms with Gasteiger partial charge in [-0.15, -0.1) is 0 Å². The Balaban J connectivity index is 3.11. The van der Waals surface area contributed by atoms with Crippen LogP contribution in [0.2, 0.25) is 10.0 Å². The van der Waals surface area contributed by atoms with Gasteiger partial charge in [0.2, 0.25) is 0 Å². The third-order valence-corrected chi connectivity index (χ3v) is 3.17. The summed E-state index contributed by atoms with van der Waals surface area (Å²) in [4.78, 5) is 23.4. The van der Waals surface area contributed by atoms with Gasteiger partial charge in [-0.3, -0.25) is 9.59 Å². The second-order valence-corrected chi connectivity index (χ2v) is 6.38. The van der Waals surface area contributed by atoms with Crippen molar-refractivity contribution in [1.29, 1.82) is 0 Å². The summed E-state index contributed by atoms with van der Waals surface area (Å²) in [5, 5.41) is 9.86. The Morgan fingerprint density at radius 3 is 2.29 bits per heavy atom. The zero-order chi connectivity index (χ0) is 16.4. The Hall–Kier alpha value is -1.30. The molecule has 0 radical (unpaired) electrons. The topological polar surface area (TPSA) is 89.6 Å². The second-order valence-electron chi connectivity index (χ2n) is 5.54. The summed E-state index contributed by atoms with van der Waals surface area (Å²) in [6, 6.07) is 3.32. The Labute approximate surface area is 133 Å². The summed E-state index contributed by atoms with van der Waals surface area (Å²) in [6.45, 7) is 4.93. The molecule has 21 heavy (non-hydrogen) atoms. The summed E-state index contributed by atoms with van der Waals surface area (Å²) in [5.41, 5.74) is 5.41. The van der Waals surface area contributed by atoms with Crippen molar-refractivity contribution in [2.24, 2.45) is 11.7 Å². The highest BCUT2D eigenvalue weighted by molar-refractivity contribution is 6.35.